The van der Waals surface area contributed by atoms with Crippen LogP contribution in [0.2, 0.25) is 0 Å². The molecule has 5 heteroatoms. The fraction of sp³-hybridized carbons (Fsp3) is 0.333. The fourth-order valence-electron chi connectivity index (χ4n) is 3.21. The number of thiophene rings is 1. The summed E-state index contributed by atoms with van der Waals surface area (Å²) in [7, 11) is 0. The Morgan fingerprint density at radius 3 is 2.57 bits per heavy atom. The topological polar surface area (TPSA) is 32.3 Å². The minimum Gasteiger partial charge on any atom is -0.353 e. The third-order valence-electron chi connectivity index (χ3n) is 4.55. The smallest absolute Gasteiger partial charge is 0.141 e. The molecule has 4 nitrogen and oxygen atoms in total. The molecule has 1 aliphatic rings. The lowest BCUT2D eigenvalue weighted by molar-refractivity contribution is 0.271. The maximum atomic E-state index is 4.64. The molecule has 0 bridgehead atoms. The summed E-state index contributed by atoms with van der Waals surface area (Å²) in [4.78, 5) is 15.1. The lowest BCUT2D eigenvalue weighted by Gasteiger charge is -2.35. The Labute approximate surface area is 140 Å². The van der Waals surface area contributed by atoms with E-state index in [0.29, 0.717) is 0 Å². The lowest BCUT2D eigenvalue weighted by Crippen LogP contribution is -2.46. The molecular weight excluding hydrogens is 304 g/mol. The van der Waals surface area contributed by atoms with Crippen LogP contribution in [-0.4, -0.2) is 47.6 Å². The van der Waals surface area contributed by atoms with E-state index in [1.54, 1.807) is 17.7 Å². The average Bonchev–Trinajstić information content (AvgIpc) is 3.07. The van der Waals surface area contributed by atoms with Gasteiger partial charge in [0.15, 0.2) is 0 Å². The first-order valence-electron chi connectivity index (χ1n) is 8.11. The summed E-state index contributed by atoms with van der Waals surface area (Å²) >= 11 is 1.70. The van der Waals surface area contributed by atoms with Crippen LogP contribution < -0.4 is 4.90 Å². The van der Waals surface area contributed by atoms with Crippen LogP contribution in [0.5, 0.6) is 0 Å². The van der Waals surface area contributed by atoms with E-state index >= 15 is 0 Å². The highest BCUT2D eigenvalue weighted by Crippen LogP contribution is 2.37. The van der Waals surface area contributed by atoms with E-state index in [9.17, 15) is 0 Å². The molecule has 23 heavy (non-hydrogen) atoms. The Morgan fingerprint density at radius 2 is 1.83 bits per heavy atom. The van der Waals surface area contributed by atoms with Gasteiger partial charge >= 0.3 is 0 Å². The van der Waals surface area contributed by atoms with Gasteiger partial charge in [-0.05, 0) is 12.1 Å². The van der Waals surface area contributed by atoms with Crippen molar-refractivity contribution in [3.05, 3.63) is 42.0 Å². The summed E-state index contributed by atoms with van der Waals surface area (Å²) in [5.41, 5.74) is 2.49. The van der Waals surface area contributed by atoms with E-state index in [0.717, 1.165) is 43.4 Å². The van der Waals surface area contributed by atoms with Crippen LogP contribution in [-0.2, 0) is 0 Å². The van der Waals surface area contributed by atoms with Gasteiger partial charge in [0.25, 0.3) is 0 Å². The number of piperazine rings is 1. The van der Waals surface area contributed by atoms with E-state index in [2.05, 4.69) is 62.4 Å². The van der Waals surface area contributed by atoms with Crippen LogP contribution in [0.15, 0.2) is 42.0 Å². The molecule has 1 saturated heterocycles. The van der Waals surface area contributed by atoms with Crippen molar-refractivity contribution in [3.63, 3.8) is 0 Å². The summed E-state index contributed by atoms with van der Waals surface area (Å²) in [6.07, 6.45) is 1.70. The normalized spacial score (nSPS) is 16.1. The van der Waals surface area contributed by atoms with Gasteiger partial charge in [0.1, 0.15) is 17.0 Å². The standard InChI is InChI=1S/C18H20N4S/c1-2-21-8-10-22(11-9-21)17-16-15(14-6-4-3-5-7-14)12-23-18(16)20-13-19-17/h3-7,12-13H,2,8-11H2,1H3. The number of benzene rings is 1. The van der Waals surface area contributed by atoms with Gasteiger partial charge in [-0.15, -0.1) is 11.3 Å². The molecule has 4 rings (SSSR count). The van der Waals surface area contributed by atoms with E-state index in [4.69, 9.17) is 0 Å². The van der Waals surface area contributed by atoms with Gasteiger partial charge < -0.3 is 9.80 Å². The SMILES string of the molecule is CCN1CCN(c2ncnc3scc(-c4ccccc4)c23)CC1. The Hall–Kier alpha value is -1.98. The average molecular weight is 324 g/mol. The summed E-state index contributed by atoms with van der Waals surface area (Å²) < 4.78 is 0. The molecule has 0 unspecified atom stereocenters. The van der Waals surface area contributed by atoms with E-state index < -0.39 is 0 Å². The number of hydrogen-bond donors (Lipinski definition) is 0. The molecule has 0 radical (unpaired) electrons. The highest BCUT2D eigenvalue weighted by atomic mass is 32.1. The highest BCUT2D eigenvalue weighted by molar-refractivity contribution is 7.17. The summed E-state index contributed by atoms with van der Waals surface area (Å²) in [6.45, 7) is 7.62. The zero-order valence-corrected chi connectivity index (χ0v) is 14.1. The highest BCUT2D eigenvalue weighted by Gasteiger charge is 2.21. The molecule has 1 aromatic carbocycles. The lowest BCUT2D eigenvalue weighted by atomic mass is 10.1. The van der Waals surface area contributed by atoms with Gasteiger partial charge in [-0.3, -0.25) is 0 Å². The van der Waals surface area contributed by atoms with Crippen LogP contribution in [0.3, 0.4) is 0 Å². The molecule has 2 aromatic heterocycles. The number of aromatic nitrogens is 2. The molecule has 0 amide bonds. The summed E-state index contributed by atoms with van der Waals surface area (Å²) in [5, 5.41) is 3.41. The summed E-state index contributed by atoms with van der Waals surface area (Å²) in [5.74, 6) is 1.09. The third-order valence-corrected chi connectivity index (χ3v) is 5.44. The zero-order valence-electron chi connectivity index (χ0n) is 13.3. The predicted molar refractivity (Wildman–Crippen MR) is 97.2 cm³/mol. The van der Waals surface area contributed by atoms with Gasteiger partial charge in [-0.25, -0.2) is 9.97 Å². The number of nitrogens with zero attached hydrogens (tertiary/aromatic N) is 4. The van der Waals surface area contributed by atoms with E-state index in [-0.39, 0.29) is 0 Å². The van der Waals surface area contributed by atoms with Crippen LogP contribution >= 0.6 is 11.3 Å². The fourth-order valence-corrected chi connectivity index (χ4v) is 4.12. The van der Waals surface area contributed by atoms with Gasteiger partial charge in [0, 0.05) is 37.1 Å². The number of likely N-dealkylation sites (N-methyl/N-ethyl adjacent to an activating group) is 1. The molecule has 0 spiro atoms. The van der Waals surface area contributed by atoms with Crippen molar-refractivity contribution in [1.82, 2.24) is 14.9 Å². The van der Waals surface area contributed by atoms with Crippen molar-refractivity contribution in [2.45, 2.75) is 6.92 Å². The monoisotopic (exact) mass is 324 g/mol. The quantitative estimate of drug-likeness (QED) is 0.738. The van der Waals surface area contributed by atoms with Gasteiger partial charge in [-0.1, -0.05) is 37.3 Å². The Morgan fingerprint density at radius 1 is 1.04 bits per heavy atom. The second-order valence-electron chi connectivity index (χ2n) is 5.81. The van der Waals surface area contributed by atoms with Crippen molar-refractivity contribution in [3.8, 4) is 11.1 Å². The number of hydrogen-bond acceptors (Lipinski definition) is 5. The van der Waals surface area contributed by atoms with Gasteiger partial charge in [0.05, 0.1) is 5.39 Å². The molecule has 0 N–H and O–H groups in total. The van der Waals surface area contributed by atoms with E-state index in [1.807, 2.05) is 0 Å². The zero-order chi connectivity index (χ0) is 15.6. The van der Waals surface area contributed by atoms with Crippen LogP contribution in [0, 0.1) is 0 Å². The molecule has 3 aromatic rings. The maximum Gasteiger partial charge on any atom is 0.141 e. The van der Waals surface area contributed by atoms with Crippen molar-refractivity contribution in [1.29, 1.82) is 0 Å². The third kappa shape index (κ3) is 2.71. The second-order valence-corrected chi connectivity index (χ2v) is 6.67. The van der Waals surface area contributed by atoms with Crippen molar-refractivity contribution >= 4 is 27.4 Å². The minimum absolute atomic E-state index is 1.03. The predicted octanol–water partition coefficient (Wildman–Crippen LogP) is 3.50. The second kappa shape index (κ2) is 6.26. The van der Waals surface area contributed by atoms with Crippen molar-refractivity contribution in [2.24, 2.45) is 0 Å². The molecule has 1 aliphatic heterocycles. The van der Waals surface area contributed by atoms with Crippen LogP contribution in [0.1, 0.15) is 6.92 Å². The van der Waals surface area contributed by atoms with Crippen LogP contribution in [0.25, 0.3) is 21.3 Å². The maximum absolute atomic E-state index is 4.64. The first-order chi connectivity index (χ1) is 11.4. The molecule has 0 atom stereocenters. The first kappa shape index (κ1) is 14.6. The summed E-state index contributed by atoms with van der Waals surface area (Å²) in [6, 6.07) is 10.5. The van der Waals surface area contributed by atoms with Gasteiger partial charge in [-0.2, -0.15) is 0 Å². The molecule has 1 fully saturated rings. The van der Waals surface area contributed by atoms with E-state index in [1.165, 1.54) is 16.5 Å². The largest absolute Gasteiger partial charge is 0.353 e. The number of fused-ring (bicyclic) bond motifs is 1. The Bertz CT molecular complexity index is 791. The molecule has 118 valence electrons. The van der Waals surface area contributed by atoms with Crippen LogP contribution in [0.4, 0.5) is 5.82 Å². The number of rotatable bonds is 3. The Kier molecular flexibility index (Phi) is 3.97. The Balaban J connectivity index is 1.77. The minimum atomic E-state index is 1.03. The van der Waals surface area contributed by atoms with Gasteiger partial charge in [0.2, 0.25) is 0 Å². The molecule has 0 saturated carbocycles. The van der Waals surface area contributed by atoms with Crippen molar-refractivity contribution in [2.75, 3.05) is 37.6 Å². The molecular formula is C18H20N4S. The molecule has 0 aliphatic carbocycles. The molecule has 3 heterocycles. The first-order valence-corrected chi connectivity index (χ1v) is 8.99. The number of anilines is 1. The van der Waals surface area contributed by atoms with Crippen molar-refractivity contribution < 1.29 is 0 Å².